The first kappa shape index (κ1) is 18.7. The number of halogens is 4. The number of nitrogens with zero attached hydrogens (tertiary/aromatic N) is 1. The van der Waals surface area contributed by atoms with Crippen molar-refractivity contribution < 1.29 is 22.4 Å². The Bertz CT molecular complexity index is 1210. The monoisotopic (exact) mass is 399 g/mol. The van der Waals surface area contributed by atoms with E-state index in [-0.39, 0.29) is 16.8 Å². The van der Waals surface area contributed by atoms with Gasteiger partial charge in [-0.25, -0.2) is 4.39 Å². The molecule has 0 radical (unpaired) electrons. The summed E-state index contributed by atoms with van der Waals surface area (Å²) >= 11 is 0. The Morgan fingerprint density at radius 2 is 1.83 bits per heavy atom. The lowest BCUT2D eigenvalue weighted by atomic mass is 10.0. The Morgan fingerprint density at radius 1 is 1.00 bits per heavy atom. The van der Waals surface area contributed by atoms with Crippen molar-refractivity contribution in [1.29, 1.82) is 0 Å². The van der Waals surface area contributed by atoms with Crippen LogP contribution < -0.4 is 5.32 Å². The summed E-state index contributed by atoms with van der Waals surface area (Å²) in [5.74, 6) is -1.22. The molecule has 1 heterocycles. The number of hydrogen-bond donors (Lipinski definition) is 2. The number of hydrogen-bond acceptors (Lipinski definition) is 2. The van der Waals surface area contributed by atoms with Gasteiger partial charge in [0.1, 0.15) is 5.82 Å². The van der Waals surface area contributed by atoms with E-state index in [2.05, 4.69) is 15.5 Å². The average Bonchev–Trinajstić information content (AvgIpc) is 3.16. The zero-order chi connectivity index (χ0) is 20.6. The number of alkyl halides is 3. The highest BCUT2D eigenvalue weighted by Gasteiger charge is 2.30. The molecule has 0 aliphatic heterocycles. The highest BCUT2D eigenvalue weighted by Crippen LogP contribution is 2.31. The molecule has 4 aromatic rings. The Labute approximate surface area is 162 Å². The summed E-state index contributed by atoms with van der Waals surface area (Å²) in [6, 6.07) is 13.3. The highest BCUT2D eigenvalue weighted by atomic mass is 19.4. The van der Waals surface area contributed by atoms with Crippen molar-refractivity contribution in [2.75, 3.05) is 5.32 Å². The van der Waals surface area contributed by atoms with Gasteiger partial charge in [-0.1, -0.05) is 18.2 Å². The molecule has 0 atom stereocenters. The summed E-state index contributed by atoms with van der Waals surface area (Å²) in [6.45, 7) is 0. The van der Waals surface area contributed by atoms with Crippen LogP contribution in [0.2, 0.25) is 0 Å². The van der Waals surface area contributed by atoms with Crippen LogP contribution in [0.1, 0.15) is 15.9 Å². The lowest BCUT2D eigenvalue weighted by Crippen LogP contribution is -2.14. The van der Waals surface area contributed by atoms with E-state index in [4.69, 9.17) is 0 Å². The van der Waals surface area contributed by atoms with Crippen molar-refractivity contribution >= 4 is 22.5 Å². The molecule has 1 amide bonds. The fourth-order valence-electron chi connectivity index (χ4n) is 2.97. The van der Waals surface area contributed by atoms with Crippen LogP contribution in [0, 0.1) is 5.82 Å². The van der Waals surface area contributed by atoms with E-state index in [0.717, 1.165) is 29.1 Å². The number of amides is 1. The maximum Gasteiger partial charge on any atom is 0.416 e. The minimum absolute atomic E-state index is 0.149. The van der Waals surface area contributed by atoms with Crippen LogP contribution in [0.15, 0.2) is 66.9 Å². The third-order valence-corrected chi connectivity index (χ3v) is 4.43. The van der Waals surface area contributed by atoms with Gasteiger partial charge in [0.2, 0.25) is 0 Å². The van der Waals surface area contributed by atoms with Crippen LogP contribution >= 0.6 is 0 Å². The number of carbonyl (C=O) groups excluding carboxylic acids is 1. The first-order valence-corrected chi connectivity index (χ1v) is 8.53. The number of anilines is 1. The van der Waals surface area contributed by atoms with Gasteiger partial charge in [0.05, 0.1) is 17.3 Å². The fourth-order valence-corrected chi connectivity index (χ4v) is 2.97. The minimum atomic E-state index is -4.55. The zero-order valence-electron chi connectivity index (χ0n) is 14.7. The lowest BCUT2D eigenvalue weighted by molar-refractivity contribution is -0.137. The number of aromatic amines is 1. The van der Waals surface area contributed by atoms with Gasteiger partial charge < -0.3 is 5.32 Å². The first-order valence-electron chi connectivity index (χ1n) is 8.53. The second-order valence-electron chi connectivity index (χ2n) is 6.40. The number of rotatable bonds is 3. The number of fused-ring (bicyclic) bond motifs is 1. The third-order valence-electron chi connectivity index (χ3n) is 4.43. The van der Waals surface area contributed by atoms with Gasteiger partial charge in [-0.3, -0.25) is 9.89 Å². The maximum atomic E-state index is 14.4. The number of nitrogens with one attached hydrogen (secondary N) is 2. The smallest absolute Gasteiger partial charge is 0.322 e. The number of carbonyl (C=O) groups is 1. The number of H-pyrrole nitrogens is 1. The van der Waals surface area contributed by atoms with E-state index in [1.807, 2.05) is 0 Å². The van der Waals surface area contributed by atoms with Gasteiger partial charge in [0.15, 0.2) is 0 Å². The first-order chi connectivity index (χ1) is 13.8. The molecule has 0 bridgehead atoms. The van der Waals surface area contributed by atoms with E-state index < -0.39 is 23.5 Å². The van der Waals surface area contributed by atoms with Crippen LogP contribution in [0.25, 0.3) is 22.0 Å². The summed E-state index contributed by atoms with van der Waals surface area (Å²) in [5.41, 5.74) is 0.717. The molecule has 1 aromatic heterocycles. The molecule has 4 rings (SSSR count). The molecule has 2 N–H and O–H groups in total. The van der Waals surface area contributed by atoms with E-state index >= 15 is 0 Å². The molecule has 0 aliphatic rings. The molecule has 146 valence electrons. The topological polar surface area (TPSA) is 57.8 Å². The molecule has 3 aromatic carbocycles. The van der Waals surface area contributed by atoms with E-state index in [0.29, 0.717) is 5.56 Å². The lowest BCUT2D eigenvalue weighted by Gasteiger charge is -2.11. The van der Waals surface area contributed by atoms with Crippen molar-refractivity contribution in [2.45, 2.75) is 6.18 Å². The van der Waals surface area contributed by atoms with Gasteiger partial charge >= 0.3 is 6.18 Å². The summed E-state index contributed by atoms with van der Waals surface area (Å²) in [5, 5.41) is 10.1. The average molecular weight is 399 g/mol. The SMILES string of the molecule is O=C(Nc1ccc(F)c(-c2ccc3cn[nH]c3c2)c1)c1cccc(C(F)(F)F)c1. The van der Waals surface area contributed by atoms with Gasteiger partial charge in [0, 0.05) is 22.2 Å². The van der Waals surface area contributed by atoms with Crippen LogP contribution in [0.3, 0.4) is 0 Å². The molecule has 4 nitrogen and oxygen atoms in total. The van der Waals surface area contributed by atoms with Gasteiger partial charge in [0.25, 0.3) is 5.91 Å². The summed E-state index contributed by atoms with van der Waals surface area (Å²) in [4.78, 5) is 12.4. The van der Waals surface area contributed by atoms with E-state index in [1.165, 1.54) is 24.3 Å². The summed E-state index contributed by atoms with van der Waals surface area (Å²) < 4.78 is 52.9. The van der Waals surface area contributed by atoms with Crippen molar-refractivity contribution in [3.05, 3.63) is 83.8 Å². The third kappa shape index (κ3) is 3.82. The highest BCUT2D eigenvalue weighted by molar-refractivity contribution is 6.04. The summed E-state index contributed by atoms with van der Waals surface area (Å²) in [6.07, 6.45) is -2.91. The van der Waals surface area contributed by atoms with Crippen LogP contribution in [-0.2, 0) is 6.18 Å². The number of benzene rings is 3. The molecule has 0 aliphatic carbocycles. The molecule has 0 saturated heterocycles. The van der Waals surface area contributed by atoms with Gasteiger partial charge in [-0.15, -0.1) is 0 Å². The number of aromatic nitrogens is 2. The second-order valence-corrected chi connectivity index (χ2v) is 6.40. The standard InChI is InChI=1S/C21H13F4N3O/c22-18-7-6-16(10-17(18)12-4-5-14-11-26-28-19(14)9-12)27-20(29)13-2-1-3-15(8-13)21(23,24)25/h1-11H,(H,26,28)(H,27,29). The molecule has 0 fully saturated rings. The largest absolute Gasteiger partial charge is 0.416 e. The Hall–Kier alpha value is -3.68. The van der Waals surface area contributed by atoms with Crippen molar-refractivity contribution in [2.24, 2.45) is 0 Å². The Morgan fingerprint density at radius 3 is 2.62 bits per heavy atom. The van der Waals surface area contributed by atoms with Gasteiger partial charge in [-0.05, 0) is 48.0 Å². The molecule has 29 heavy (non-hydrogen) atoms. The zero-order valence-corrected chi connectivity index (χ0v) is 14.7. The normalized spacial score (nSPS) is 11.6. The van der Waals surface area contributed by atoms with Crippen molar-refractivity contribution in [3.8, 4) is 11.1 Å². The molecule has 0 spiro atoms. The summed E-state index contributed by atoms with van der Waals surface area (Å²) in [7, 11) is 0. The molecule has 0 unspecified atom stereocenters. The predicted molar refractivity (Wildman–Crippen MR) is 101 cm³/mol. The van der Waals surface area contributed by atoms with Crippen LogP contribution in [0.5, 0.6) is 0 Å². The fraction of sp³-hybridized carbons (Fsp3) is 0.0476. The Kier molecular flexibility index (Phi) is 4.54. The van der Waals surface area contributed by atoms with Crippen LogP contribution in [0.4, 0.5) is 23.2 Å². The molecule has 0 saturated carbocycles. The minimum Gasteiger partial charge on any atom is -0.322 e. The Balaban J connectivity index is 1.63. The van der Waals surface area contributed by atoms with Crippen LogP contribution in [-0.4, -0.2) is 16.1 Å². The van der Waals surface area contributed by atoms with Gasteiger partial charge in [-0.2, -0.15) is 18.3 Å². The predicted octanol–water partition coefficient (Wildman–Crippen LogP) is 5.64. The quantitative estimate of drug-likeness (QED) is 0.438. The van der Waals surface area contributed by atoms with E-state index in [9.17, 15) is 22.4 Å². The molecule has 8 heteroatoms. The van der Waals surface area contributed by atoms with Crippen molar-refractivity contribution in [1.82, 2.24) is 10.2 Å². The molecular formula is C21H13F4N3O. The second kappa shape index (κ2) is 7.05. The molecular weight excluding hydrogens is 386 g/mol. The maximum absolute atomic E-state index is 14.4. The van der Waals surface area contributed by atoms with Crippen molar-refractivity contribution in [3.63, 3.8) is 0 Å². The van der Waals surface area contributed by atoms with E-state index in [1.54, 1.807) is 24.4 Å².